The fourth-order valence-corrected chi connectivity index (χ4v) is 8.64. The van der Waals surface area contributed by atoms with Gasteiger partial charge in [-0.2, -0.15) is 5.26 Å². The highest BCUT2D eigenvalue weighted by Gasteiger charge is 2.52. The number of likely N-dealkylation sites (N-methyl/N-ethyl adjacent to an activating group) is 1. The smallest absolute Gasteiger partial charge is 0.251 e. The molecule has 4 unspecified atom stereocenters. The van der Waals surface area contributed by atoms with E-state index >= 15 is 0 Å². The number of aryl methyl sites for hydroxylation is 1. The number of H-pyrrole nitrogens is 1. The molecule has 2 aromatic rings. The van der Waals surface area contributed by atoms with Crippen LogP contribution < -0.4 is 16.0 Å². The summed E-state index contributed by atoms with van der Waals surface area (Å²) in [7, 11) is 3.27. The van der Waals surface area contributed by atoms with Gasteiger partial charge in [0, 0.05) is 43.7 Å². The lowest BCUT2D eigenvalue weighted by Crippen LogP contribution is -2.51. The van der Waals surface area contributed by atoms with Crippen molar-refractivity contribution in [3.63, 3.8) is 0 Å². The van der Waals surface area contributed by atoms with Crippen LogP contribution in [0.15, 0.2) is 42.0 Å². The lowest BCUT2D eigenvalue weighted by Gasteiger charge is -2.45. The Balaban J connectivity index is 1.46. The van der Waals surface area contributed by atoms with Gasteiger partial charge in [0.1, 0.15) is 6.04 Å². The maximum absolute atomic E-state index is 13.5. The summed E-state index contributed by atoms with van der Waals surface area (Å²) in [6.45, 7) is 0.757. The summed E-state index contributed by atoms with van der Waals surface area (Å²) >= 11 is 0. The second kappa shape index (κ2) is 14.2. The molecule has 1 saturated heterocycles. The van der Waals surface area contributed by atoms with Crippen LogP contribution in [0.4, 0.5) is 0 Å². The van der Waals surface area contributed by atoms with Crippen LogP contribution in [0.25, 0.3) is 0 Å². The number of benzene rings is 1. The number of aromatic amines is 1. The number of hydrogen-bond donors (Lipinski definition) is 4. The molecular formula is C35H45N9O3. The number of nitrogens with zero attached hydrogens (tertiary/aromatic N) is 5. The fourth-order valence-electron chi connectivity index (χ4n) is 8.64. The molecule has 4 aliphatic rings. The zero-order chi connectivity index (χ0) is 33.0. The molecule has 3 amide bonds. The second-order valence-corrected chi connectivity index (χ2v) is 13.4. The van der Waals surface area contributed by atoms with E-state index in [1.54, 1.807) is 19.0 Å². The molecule has 4 N–H and O–H groups in total. The first-order chi connectivity index (χ1) is 22.9. The van der Waals surface area contributed by atoms with Crippen molar-refractivity contribution >= 4 is 17.7 Å². The number of tetrazole rings is 1. The van der Waals surface area contributed by atoms with Gasteiger partial charge in [-0.15, -0.1) is 5.10 Å². The first kappa shape index (κ1) is 32.6. The zero-order valence-corrected chi connectivity index (χ0v) is 27.3. The Morgan fingerprint density at radius 2 is 1.89 bits per heavy atom. The van der Waals surface area contributed by atoms with E-state index < -0.39 is 5.41 Å². The SMILES string of the molecule is CNC(=O)C1=CC2CCc3cc(C(=O)NC)ccc3C(C[C@H](NCC(=O)N3CCCC3C#N)C3CCCCC3)(c3nnn[nH]3)C2C=C1. The van der Waals surface area contributed by atoms with Crippen LogP contribution >= 0.6 is 0 Å². The molecule has 1 aromatic heterocycles. The molecule has 0 spiro atoms. The van der Waals surface area contributed by atoms with E-state index in [9.17, 15) is 19.6 Å². The summed E-state index contributed by atoms with van der Waals surface area (Å²) in [5.74, 6) is 0.507. The van der Waals surface area contributed by atoms with E-state index in [1.807, 2.05) is 18.2 Å². The number of likely N-dealkylation sites (tertiary alicyclic amines) is 1. The van der Waals surface area contributed by atoms with Gasteiger partial charge in [0.15, 0.2) is 5.82 Å². The molecule has 3 aliphatic carbocycles. The number of nitrogens with one attached hydrogen (secondary N) is 4. The monoisotopic (exact) mass is 639 g/mol. The minimum Gasteiger partial charge on any atom is -0.355 e. The van der Waals surface area contributed by atoms with Crippen molar-refractivity contribution < 1.29 is 14.4 Å². The first-order valence-corrected chi connectivity index (χ1v) is 17.0. The van der Waals surface area contributed by atoms with E-state index in [2.05, 4.69) is 60.9 Å². The lowest BCUT2D eigenvalue weighted by atomic mass is 9.59. The number of allylic oxidation sites excluding steroid dienone is 2. The highest BCUT2D eigenvalue weighted by atomic mass is 16.2. The van der Waals surface area contributed by atoms with Crippen LogP contribution in [-0.4, -0.2) is 82.5 Å². The normalized spacial score (nSPS) is 26.3. The summed E-state index contributed by atoms with van der Waals surface area (Å²) < 4.78 is 0. The van der Waals surface area contributed by atoms with Crippen molar-refractivity contribution in [1.29, 1.82) is 5.26 Å². The standard InChI is InChI=1S/C35H45N9O3/c1-37-32(46)25-12-14-28-23(17-25)10-11-24-18-26(33(47)38-2)13-15-29(24)35(28,34-40-42-43-41-34)19-30(22-7-4-3-5-8-22)39-21-31(45)44-16-6-9-27(44)20-36/h12-15,17-18,22-23,27-28,30,39H,3-11,16,19,21H2,1-2H3,(H,37,46)(H,38,47)(H,40,41,42,43)/t23?,27?,28?,30-,35?/m0/s1. The van der Waals surface area contributed by atoms with Crippen LogP contribution in [0.3, 0.4) is 0 Å². The highest BCUT2D eigenvalue weighted by Crippen LogP contribution is 2.52. The Morgan fingerprint density at radius 3 is 2.62 bits per heavy atom. The predicted molar refractivity (Wildman–Crippen MR) is 175 cm³/mol. The van der Waals surface area contributed by atoms with E-state index in [0.29, 0.717) is 48.7 Å². The minimum atomic E-state index is -0.760. The lowest BCUT2D eigenvalue weighted by molar-refractivity contribution is -0.130. The van der Waals surface area contributed by atoms with Crippen LogP contribution in [0.2, 0.25) is 0 Å². The number of rotatable bonds is 9. The number of hydrogen-bond acceptors (Lipinski definition) is 8. The largest absolute Gasteiger partial charge is 0.355 e. The summed E-state index contributed by atoms with van der Waals surface area (Å²) in [5, 5.41) is 34.7. The van der Waals surface area contributed by atoms with Gasteiger partial charge in [-0.3, -0.25) is 14.4 Å². The van der Waals surface area contributed by atoms with Crippen molar-refractivity contribution in [3.8, 4) is 6.07 Å². The third kappa shape index (κ3) is 6.33. The summed E-state index contributed by atoms with van der Waals surface area (Å²) in [4.78, 5) is 40.8. The maximum atomic E-state index is 13.5. The van der Waals surface area contributed by atoms with Gasteiger partial charge in [-0.25, -0.2) is 5.10 Å². The predicted octanol–water partition coefficient (Wildman–Crippen LogP) is 2.71. The quantitative estimate of drug-likeness (QED) is 0.325. The minimum absolute atomic E-state index is 0.0112. The number of nitriles is 1. The number of amides is 3. The molecule has 0 radical (unpaired) electrons. The molecule has 6 rings (SSSR count). The number of carbonyl (C=O) groups excluding carboxylic acids is 3. The van der Waals surface area contributed by atoms with Crippen LogP contribution in [0.1, 0.15) is 85.1 Å². The number of aromatic nitrogens is 4. The Morgan fingerprint density at radius 1 is 1.09 bits per heavy atom. The molecule has 0 bridgehead atoms. The third-order valence-electron chi connectivity index (χ3n) is 11.0. The average Bonchev–Trinajstić information content (AvgIpc) is 3.82. The molecule has 47 heavy (non-hydrogen) atoms. The second-order valence-electron chi connectivity index (χ2n) is 13.4. The van der Waals surface area contributed by atoms with Crippen molar-refractivity contribution in [2.45, 2.75) is 81.7 Å². The molecule has 12 nitrogen and oxygen atoms in total. The van der Waals surface area contributed by atoms with E-state index in [1.165, 1.54) is 6.42 Å². The molecule has 5 atom stereocenters. The van der Waals surface area contributed by atoms with Crippen LogP contribution in [0, 0.1) is 29.1 Å². The molecule has 248 valence electrons. The average molecular weight is 640 g/mol. The zero-order valence-electron chi connectivity index (χ0n) is 27.3. The maximum Gasteiger partial charge on any atom is 0.251 e. The van der Waals surface area contributed by atoms with E-state index in [-0.39, 0.29) is 48.2 Å². The van der Waals surface area contributed by atoms with Gasteiger partial charge in [-0.05, 0) is 90.5 Å². The summed E-state index contributed by atoms with van der Waals surface area (Å²) in [6.07, 6.45) is 15.3. The van der Waals surface area contributed by atoms with Gasteiger partial charge in [-0.1, -0.05) is 43.6 Å². The van der Waals surface area contributed by atoms with Gasteiger partial charge < -0.3 is 20.9 Å². The number of fused-ring (bicyclic) bond motifs is 2. The first-order valence-electron chi connectivity index (χ1n) is 17.0. The molecular weight excluding hydrogens is 594 g/mol. The van der Waals surface area contributed by atoms with Gasteiger partial charge in [0.25, 0.3) is 11.8 Å². The number of carbonyl (C=O) groups is 3. The Labute approximate surface area is 275 Å². The van der Waals surface area contributed by atoms with Crippen molar-refractivity contribution in [2.75, 3.05) is 27.2 Å². The molecule has 12 heteroatoms. The topological polar surface area (TPSA) is 169 Å². The van der Waals surface area contributed by atoms with Gasteiger partial charge in [0.2, 0.25) is 5.91 Å². The highest BCUT2D eigenvalue weighted by molar-refractivity contribution is 5.96. The van der Waals surface area contributed by atoms with Crippen LogP contribution in [-0.2, 0) is 21.4 Å². The van der Waals surface area contributed by atoms with E-state index in [0.717, 1.165) is 49.7 Å². The fraction of sp³-hybridized carbons (Fsp3) is 0.571. The van der Waals surface area contributed by atoms with E-state index in [4.69, 9.17) is 0 Å². The molecule has 1 aliphatic heterocycles. The van der Waals surface area contributed by atoms with Crippen molar-refractivity contribution in [2.24, 2.45) is 17.8 Å². The van der Waals surface area contributed by atoms with Gasteiger partial charge >= 0.3 is 0 Å². The molecule has 1 saturated carbocycles. The summed E-state index contributed by atoms with van der Waals surface area (Å²) in [5.41, 5.74) is 2.55. The van der Waals surface area contributed by atoms with Crippen LogP contribution in [0.5, 0.6) is 0 Å². The third-order valence-corrected chi connectivity index (χ3v) is 11.0. The summed E-state index contributed by atoms with van der Waals surface area (Å²) in [6, 6.07) is 7.78. The van der Waals surface area contributed by atoms with Crippen molar-refractivity contribution in [3.05, 3.63) is 64.5 Å². The van der Waals surface area contributed by atoms with Crippen molar-refractivity contribution in [1.82, 2.24) is 41.5 Å². The van der Waals surface area contributed by atoms with Gasteiger partial charge in [0.05, 0.1) is 18.0 Å². The Bertz CT molecular complexity index is 1570. The molecule has 1 aromatic carbocycles. The molecule has 2 fully saturated rings. The Hall–Kier alpha value is -4.37. The Kier molecular flexibility index (Phi) is 9.82. The molecule has 2 heterocycles.